The van der Waals surface area contributed by atoms with Gasteiger partial charge in [0.05, 0.1) is 35.7 Å². The number of carbonyl (C=O) groups excluding carboxylic acids is 1. The normalized spacial score (nSPS) is 10.5. The maximum atomic E-state index is 12.9. The number of benzene rings is 3. The van der Waals surface area contributed by atoms with E-state index in [1.807, 2.05) is 32.0 Å². The summed E-state index contributed by atoms with van der Waals surface area (Å²) in [4.78, 5) is 12.9. The Morgan fingerprint density at radius 3 is 2.36 bits per heavy atom. The molecule has 0 amide bonds. The van der Waals surface area contributed by atoms with E-state index in [9.17, 15) is 4.79 Å². The number of carbonyl (C=O) groups is 1. The molecule has 0 aromatic heterocycles. The number of nitrogen functional groups attached to an aromatic ring is 1. The molecule has 0 fully saturated rings. The van der Waals surface area contributed by atoms with Crippen molar-refractivity contribution in [3.05, 3.63) is 82.4 Å². The summed E-state index contributed by atoms with van der Waals surface area (Å²) < 4.78 is 16.5. The molecule has 8 heteroatoms. The minimum absolute atomic E-state index is 0.0813. The van der Waals surface area contributed by atoms with Gasteiger partial charge in [-0.1, -0.05) is 0 Å². The SMILES string of the molecule is COCCOC(=O)c1cc(N)c(Nc2ccc(C#N)cc2)cc1Oc1c(C)cc(/C=C/C#N)cc1C. The van der Waals surface area contributed by atoms with Gasteiger partial charge in [0.15, 0.2) is 0 Å². The number of hydrogen-bond acceptors (Lipinski definition) is 8. The van der Waals surface area contributed by atoms with Gasteiger partial charge in [-0.3, -0.25) is 0 Å². The van der Waals surface area contributed by atoms with Crippen LogP contribution in [-0.2, 0) is 9.47 Å². The molecule has 0 radical (unpaired) electrons. The Balaban J connectivity index is 2.02. The number of nitrogens with one attached hydrogen (secondary N) is 1. The van der Waals surface area contributed by atoms with Crippen LogP contribution in [-0.4, -0.2) is 26.3 Å². The zero-order valence-electron chi connectivity index (χ0n) is 20.3. The quantitative estimate of drug-likeness (QED) is 0.174. The predicted molar refractivity (Wildman–Crippen MR) is 138 cm³/mol. The van der Waals surface area contributed by atoms with Gasteiger partial charge in [0.1, 0.15) is 23.7 Å². The first-order chi connectivity index (χ1) is 17.4. The summed E-state index contributed by atoms with van der Waals surface area (Å²) in [6, 6.07) is 17.9. The molecule has 182 valence electrons. The number of anilines is 3. The van der Waals surface area contributed by atoms with E-state index in [0.717, 1.165) is 16.7 Å². The molecule has 0 bridgehead atoms. The van der Waals surface area contributed by atoms with Crippen molar-refractivity contribution in [1.82, 2.24) is 0 Å². The Kier molecular flexibility index (Phi) is 8.66. The van der Waals surface area contributed by atoms with Crippen LogP contribution in [0.2, 0.25) is 0 Å². The van der Waals surface area contributed by atoms with Gasteiger partial charge in [-0.05, 0) is 79.1 Å². The fourth-order valence-corrected chi connectivity index (χ4v) is 3.51. The lowest BCUT2D eigenvalue weighted by molar-refractivity contribution is 0.0385. The van der Waals surface area contributed by atoms with Gasteiger partial charge in [-0.15, -0.1) is 0 Å². The number of allylic oxidation sites excluding steroid dienone is 1. The van der Waals surface area contributed by atoms with E-state index in [-0.39, 0.29) is 24.5 Å². The van der Waals surface area contributed by atoms with E-state index in [4.69, 9.17) is 30.5 Å². The molecule has 0 heterocycles. The molecule has 0 atom stereocenters. The van der Waals surface area contributed by atoms with Gasteiger partial charge in [0.2, 0.25) is 0 Å². The number of nitrogens with two attached hydrogens (primary N) is 1. The third kappa shape index (κ3) is 6.41. The van der Waals surface area contributed by atoms with E-state index in [0.29, 0.717) is 28.4 Å². The topological polar surface area (TPSA) is 130 Å². The van der Waals surface area contributed by atoms with Crippen LogP contribution < -0.4 is 15.8 Å². The Hall–Kier alpha value is -4.79. The molecule has 3 N–H and O–H groups in total. The maximum absolute atomic E-state index is 12.9. The van der Waals surface area contributed by atoms with Crippen molar-refractivity contribution in [1.29, 1.82) is 10.5 Å². The highest BCUT2D eigenvalue weighted by molar-refractivity contribution is 5.96. The van der Waals surface area contributed by atoms with Crippen molar-refractivity contribution in [3.8, 4) is 23.6 Å². The van der Waals surface area contributed by atoms with E-state index >= 15 is 0 Å². The lowest BCUT2D eigenvalue weighted by atomic mass is 10.0. The molecule has 0 aliphatic heterocycles. The largest absolute Gasteiger partial charge is 0.460 e. The molecule has 3 aromatic rings. The smallest absolute Gasteiger partial charge is 0.342 e. The Bertz CT molecular complexity index is 1340. The van der Waals surface area contributed by atoms with Crippen molar-refractivity contribution in [2.75, 3.05) is 31.4 Å². The molecule has 0 unspecified atom stereocenters. The first-order valence-corrected chi connectivity index (χ1v) is 11.1. The van der Waals surface area contributed by atoms with Gasteiger partial charge in [-0.25, -0.2) is 4.79 Å². The molecule has 0 aliphatic carbocycles. The highest BCUT2D eigenvalue weighted by atomic mass is 16.6. The summed E-state index contributed by atoms with van der Waals surface area (Å²) in [5, 5.41) is 21.0. The second-order valence-electron chi connectivity index (χ2n) is 7.93. The third-order valence-electron chi connectivity index (χ3n) is 5.23. The summed E-state index contributed by atoms with van der Waals surface area (Å²) in [5.74, 6) is 0.237. The molecular formula is C28H26N4O4. The summed E-state index contributed by atoms with van der Waals surface area (Å²) in [6.45, 7) is 4.11. The Labute approximate surface area is 210 Å². The average Bonchev–Trinajstić information content (AvgIpc) is 2.87. The lowest BCUT2D eigenvalue weighted by Gasteiger charge is -2.18. The number of ether oxygens (including phenoxy) is 3. The summed E-state index contributed by atoms with van der Waals surface area (Å²) in [5.41, 5.74) is 11.0. The highest BCUT2D eigenvalue weighted by Crippen LogP contribution is 2.37. The van der Waals surface area contributed by atoms with Crippen molar-refractivity contribution < 1.29 is 19.0 Å². The molecule has 0 saturated carbocycles. The summed E-state index contributed by atoms with van der Waals surface area (Å²) in [6.07, 6.45) is 3.12. The van der Waals surface area contributed by atoms with Crippen LogP contribution in [0.1, 0.15) is 32.6 Å². The number of aryl methyl sites for hydroxylation is 2. The molecule has 3 aromatic carbocycles. The van der Waals surface area contributed by atoms with E-state index in [1.54, 1.807) is 36.4 Å². The second-order valence-corrected chi connectivity index (χ2v) is 7.93. The Morgan fingerprint density at radius 1 is 1.06 bits per heavy atom. The van der Waals surface area contributed by atoms with Gasteiger partial charge < -0.3 is 25.3 Å². The number of hydrogen-bond donors (Lipinski definition) is 2. The minimum atomic E-state index is -0.595. The standard InChI is InChI=1S/C28H26N4O4/c1-18-13-21(5-4-10-29)14-19(2)27(18)36-26-16-25(32-22-8-6-20(17-30)7-9-22)24(31)15-23(26)28(33)35-12-11-34-3/h4-9,13-16,32H,11-12,31H2,1-3H3/b5-4+. The van der Waals surface area contributed by atoms with Crippen LogP contribution >= 0.6 is 0 Å². The number of rotatable bonds is 9. The van der Waals surface area contributed by atoms with Gasteiger partial charge >= 0.3 is 5.97 Å². The van der Waals surface area contributed by atoms with Crippen molar-refractivity contribution >= 4 is 29.1 Å². The molecule has 0 spiro atoms. The zero-order valence-corrected chi connectivity index (χ0v) is 20.3. The van der Waals surface area contributed by atoms with Gasteiger partial charge in [0.25, 0.3) is 0 Å². The van der Waals surface area contributed by atoms with Gasteiger partial charge in [-0.2, -0.15) is 10.5 Å². The number of nitriles is 2. The fraction of sp³-hybridized carbons (Fsp3) is 0.179. The Morgan fingerprint density at radius 2 is 1.75 bits per heavy atom. The first-order valence-electron chi connectivity index (χ1n) is 11.1. The molecule has 8 nitrogen and oxygen atoms in total. The first kappa shape index (κ1) is 25.8. The predicted octanol–water partition coefficient (Wildman–Crippen LogP) is 5.63. The average molecular weight is 483 g/mol. The number of esters is 1. The van der Waals surface area contributed by atoms with Crippen molar-refractivity contribution in [2.45, 2.75) is 13.8 Å². The molecule has 36 heavy (non-hydrogen) atoms. The lowest BCUT2D eigenvalue weighted by Crippen LogP contribution is -2.12. The summed E-state index contributed by atoms with van der Waals surface area (Å²) in [7, 11) is 1.52. The van der Waals surface area contributed by atoms with Crippen molar-refractivity contribution in [2.24, 2.45) is 0 Å². The minimum Gasteiger partial charge on any atom is -0.460 e. The maximum Gasteiger partial charge on any atom is 0.342 e. The third-order valence-corrected chi connectivity index (χ3v) is 5.23. The van der Waals surface area contributed by atoms with E-state index in [2.05, 4.69) is 11.4 Å². The highest BCUT2D eigenvalue weighted by Gasteiger charge is 2.20. The fourth-order valence-electron chi connectivity index (χ4n) is 3.51. The van der Waals surface area contributed by atoms with Crippen LogP contribution in [0, 0.1) is 36.5 Å². The molecule has 0 saturated heterocycles. The number of nitrogens with zero attached hydrogens (tertiary/aromatic N) is 2. The van der Waals surface area contributed by atoms with Crippen LogP contribution in [0.3, 0.4) is 0 Å². The second kappa shape index (κ2) is 12.1. The van der Waals surface area contributed by atoms with E-state index < -0.39 is 5.97 Å². The zero-order chi connectivity index (χ0) is 26.1. The van der Waals surface area contributed by atoms with E-state index in [1.165, 1.54) is 19.3 Å². The molecule has 0 aliphatic rings. The van der Waals surface area contributed by atoms with Gasteiger partial charge in [0, 0.05) is 24.9 Å². The van der Waals surface area contributed by atoms with Crippen LogP contribution in [0.25, 0.3) is 6.08 Å². The van der Waals surface area contributed by atoms with Crippen LogP contribution in [0.4, 0.5) is 17.1 Å². The molecular weight excluding hydrogens is 456 g/mol. The molecule has 3 rings (SSSR count). The van der Waals surface area contributed by atoms with Crippen molar-refractivity contribution in [3.63, 3.8) is 0 Å². The monoisotopic (exact) mass is 482 g/mol. The van der Waals surface area contributed by atoms with Crippen LogP contribution in [0.5, 0.6) is 11.5 Å². The number of methoxy groups -OCH3 is 1. The van der Waals surface area contributed by atoms with Crippen LogP contribution in [0.15, 0.2) is 54.6 Å². The summed E-state index contributed by atoms with van der Waals surface area (Å²) >= 11 is 0.